The van der Waals surface area contributed by atoms with Gasteiger partial charge in [-0.2, -0.15) is 9.97 Å². The van der Waals surface area contributed by atoms with Crippen molar-refractivity contribution in [3.05, 3.63) is 65.6 Å². The van der Waals surface area contributed by atoms with Crippen LogP contribution in [0.1, 0.15) is 0 Å². The number of rotatable bonds is 6. The largest absolute Gasteiger partial charge is 0.467 e. The lowest BCUT2D eigenvalue weighted by molar-refractivity contribution is -0.164. The topological polar surface area (TPSA) is 93.2 Å². The third-order valence-corrected chi connectivity index (χ3v) is 8.94. The molecule has 3 aliphatic rings. The molecule has 2 aromatic carbocycles. The summed E-state index contributed by atoms with van der Waals surface area (Å²) < 4.78 is 32.8. The van der Waals surface area contributed by atoms with Gasteiger partial charge in [0.2, 0.25) is 5.91 Å². The highest BCUT2D eigenvalue weighted by Crippen LogP contribution is 2.39. The summed E-state index contributed by atoms with van der Waals surface area (Å²) in [4.78, 5) is 33.2. The van der Waals surface area contributed by atoms with Gasteiger partial charge in [0, 0.05) is 67.5 Å². The third-order valence-electron chi connectivity index (χ3n) is 8.62. The van der Waals surface area contributed by atoms with Crippen molar-refractivity contribution in [1.82, 2.24) is 24.8 Å². The second-order valence-corrected chi connectivity index (χ2v) is 11.7. The van der Waals surface area contributed by atoms with E-state index in [0.29, 0.717) is 74.4 Å². The second kappa shape index (κ2) is 11.9. The molecule has 44 heavy (non-hydrogen) atoms. The van der Waals surface area contributed by atoms with E-state index in [1.807, 2.05) is 40.1 Å². The van der Waals surface area contributed by atoms with E-state index >= 15 is 4.39 Å². The lowest BCUT2D eigenvalue weighted by atomic mass is 9.91. The number of piperazine rings is 1. The molecule has 3 fully saturated rings. The minimum Gasteiger partial charge on any atom is -0.467 e. The van der Waals surface area contributed by atoms with Gasteiger partial charge in [-0.15, -0.1) is 0 Å². The normalized spacial score (nSPS) is 18.8. The van der Waals surface area contributed by atoms with Gasteiger partial charge in [-0.1, -0.05) is 48.0 Å². The molecule has 5 heterocycles. The molecule has 0 bridgehead atoms. The zero-order valence-corrected chi connectivity index (χ0v) is 25.1. The number of anilines is 1. The van der Waals surface area contributed by atoms with Gasteiger partial charge in [0.25, 0.3) is 0 Å². The predicted octanol–water partition coefficient (Wildman–Crippen LogP) is 3.95. The van der Waals surface area contributed by atoms with Crippen LogP contribution in [0.2, 0.25) is 5.02 Å². The van der Waals surface area contributed by atoms with Crippen LogP contribution in [0, 0.1) is 5.82 Å². The maximum Gasteiger partial charge on any atom is 0.318 e. The zero-order chi connectivity index (χ0) is 30.3. The van der Waals surface area contributed by atoms with E-state index in [4.69, 9.17) is 25.8 Å². The van der Waals surface area contributed by atoms with Crippen LogP contribution < -0.4 is 9.64 Å². The van der Waals surface area contributed by atoms with Gasteiger partial charge in [-0.3, -0.25) is 14.7 Å². The number of carbonyl (C=O) groups excluding carboxylic acids is 1. The summed E-state index contributed by atoms with van der Waals surface area (Å²) in [6.07, 6.45) is 5.19. The predicted molar refractivity (Wildman–Crippen MR) is 166 cm³/mol. The number of amides is 1. The molecule has 4 aromatic rings. The SMILES string of the molecule is COc1nc(N2CCN(C(=O)/C=C/CN3CCOCC3)C3(COC3)C2)c2cnc(-c3cccc4cccc(Cl)c34)c(F)c2n1. The van der Waals surface area contributed by atoms with Crippen molar-refractivity contribution in [2.24, 2.45) is 0 Å². The number of hydrogen-bond acceptors (Lipinski definition) is 9. The van der Waals surface area contributed by atoms with Crippen LogP contribution in [0.4, 0.5) is 10.2 Å². The highest BCUT2D eigenvalue weighted by molar-refractivity contribution is 6.36. The maximum absolute atomic E-state index is 16.4. The molecular weight excluding hydrogens is 587 g/mol. The number of halogens is 2. The lowest BCUT2D eigenvalue weighted by Gasteiger charge is -2.55. The summed E-state index contributed by atoms with van der Waals surface area (Å²) in [5, 5.41) is 2.57. The van der Waals surface area contributed by atoms with Crippen molar-refractivity contribution < 1.29 is 23.4 Å². The van der Waals surface area contributed by atoms with Crippen LogP contribution in [0.5, 0.6) is 6.01 Å². The minimum absolute atomic E-state index is 0.0440. The molecule has 10 nitrogen and oxygen atoms in total. The lowest BCUT2D eigenvalue weighted by Crippen LogP contribution is -2.72. The molecule has 0 saturated carbocycles. The summed E-state index contributed by atoms with van der Waals surface area (Å²) >= 11 is 6.55. The molecule has 1 spiro atoms. The smallest absolute Gasteiger partial charge is 0.318 e. The van der Waals surface area contributed by atoms with Gasteiger partial charge < -0.3 is 24.0 Å². The summed E-state index contributed by atoms with van der Waals surface area (Å²) in [6.45, 7) is 6.08. The molecule has 0 radical (unpaired) electrons. The molecule has 7 rings (SSSR count). The number of aromatic nitrogens is 3. The number of benzene rings is 2. The molecule has 2 aromatic heterocycles. The number of methoxy groups -OCH3 is 1. The molecule has 3 saturated heterocycles. The van der Waals surface area contributed by atoms with Crippen molar-refractivity contribution in [3.8, 4) is 17.3 Å². The average Bonchev–Trinajstić information content (AvgIpc) is 3.04. The van der Waals surface area contributed by atoms with E-state index in [9.17, 15) is 4.79 Å². The van der Waals surface area contributed by atoms with Crippen LogP contribution >= 0.6 is 11.6 Å². The van der Waals surface area contributed by atoms with Crippen molar-refractivity contribution >= 4 is 45.0 Å². The molecule has 228 valence electrons. The Hall–Kier alpha value is -3.90. The van der Waals surface area contributed by atoms with Crippen molar-refractivity contribution in [2.45, 2.75) is 5.54 Å². The summed E-state index contributed by atoms with van der Waals surface area (Å²) in [5.41, 5.74) is 0.302. The van der Waals surface area contributed by atoms with Gasteiger partial charge in [0.15, 0.2) is 5.82 Å². The van der Waals surface area contributed by atoms with Crippen LogP contribution in [0.25, 0.3) is 32.9 Å². The van der Waals surface area contributed by atoms with Crippen molar-refractivity contribution in [1.29, 1.82) is 0 Å². The van der Waals surface area contributed by atoms with E-state index in [-0.39, 0.29) is 23.1 Å². The summed E-state index contributed by atoms with van der Waals surface area (Å²) in [6, 6.07) is 11.2. The van der Waals surface area contributed by atoms with Crippen LogP contribution in [-0.2, 0) is 14.3 Å². The number of morpholine rings is 1. The monoisotopic (exact) mass is 618 g/mol. The number of carbonyl (C=O) groups is 1. The van der Waals surface area contributed by atoms with Crippen LogP contribution in [0.15, 0.2) is 54.7 Å². The number of ether oxygens (including phenoxy) is 3. The number of pyridine rings is 1. The van der Waals surface area contributed by atoms with Gasteiger partial charge in [-0.05, 0) is 11.5 Å². The Morgan fingerprint density at radius 3 is 2.64 bits per heavy atom. The second-order valence-electron chi connectivity index (χ2n) is 11.3. The van der Waals surface area contributed by atoms with Crippen LogP contribution in [0.3, 0.4) is 0 Å². The number of fused-ring (bicyclic) bond motifs is 2. The van der Waals surface area contributed by atoms with E-state index in [1.165, 1.54) is 7.11 Å². The Bertz CT molecular complexity index is 1760. The molecular formula is C32H32ClFN6O4. The highest BCUT2D eigenvalue weighted by atomic mass is 35.5. The average molecular weight is 619 g/mol. The summed E-state index contributed by atoms with van der Waals surface area (Å²) in [7, 11) is 1.45. The fourth-order valence-electron chi connectivity index (χ4n) is 6.30. The van der Waals surface area contributed by atoms with E-state index in [0.717, 1.165) is 23.9 Å². The molecule has 1 amide bonds. The molecule has 0 unspecified atom stereocenters. The Labute approximate surface area is 259 Å². The quantitative estimate of drug-likeness (QED) is 0.298. The minimum atomic E-state index is -0.585. The van der Waals surface area contributed by atoms with Crippen molar-refractivity contribution in [2.75, 3.05) is 77.7 Å². The Balaban J connectivity index is 1.20. The van der Waals surface area contributed by atoms with Crippen molar-refractivity contribution in [3.63, 3.8) is 0 Å². The van der Waals surface area contributed by atoms with E-state index in [2.05, 4.69) is 19.9 Å². The first-order chi connectivity index (χ1) is 21.5. The Kier molecular flexibility index (Phi) is 7.79. The fourth-order valence-corrected chi connectivity index (χ4v) is 6.58. The standard InChI is InChI=1S/C32H32ClFN6O4/c1-42-31-36-29-23(17-35-28(27(29)34)22-7-2-5-21-6-3-8-24(33)26(21)22)30(37-31)39-11-12-40(32(18-39)19-44-20-32)25(41)9-4-10-38-13-15-43-16-14-38/h2-9,17H,10-16,18-20H2,1H3/b9-4+. The molecule has 0 aliphatic carbocycles. The van der Waals surface area contributed by atoms with E-state index < -0.39 is 11.4 Å². The molecule has 0 atom stereocenters. The molecule has 3 aliphatic heterocycles. The first-order valence-corrected chi connectivity index (χ1v) is 15.0. The fraction of sp³-hybridized carbons (Fsp3) is 0.375. The third kappa shape index (κ3) is 5.13. The Morgan fingerprint density at radius 2 is 1.89 bits per heavy atom. The zero-order valence-electron chi connectivity index (χ0n) is 24.3. The van der Waals surface area contributed by atoms with Gasteiger partial charge in [-0.25, -0.2) is 4.39 Å². The molecule has 0 N–H and O–H groups in total. The highest BCUT2D eigenvalue weighted by Gasteiger charge is 2.50. The maximum atomic E-state index is 16.4. The number of hydrogen-bond donors (Lipinski definition) is 0. The summed E-state index contributed by atoms with van der Waals surface area (Å²) in [5.74, 6) is -0.128. The van der Waals surface area contributed by atoms with Gasteiger partial charge >= 0.3 is 6.01 Å². The van der Waals surface area contributed by atoms with Gasteiger partial charge in [0.1, 0.15) is 22.6 Å². The number of nitrogens with zero attached hydrogens (tertiary/aromatic N) is 6. The van der Waals surface area contributed by atoms with Gasteiger partial charge in [0.05, 0.1) is 38.9 Å². The Morgan fingerprint density at radius 1 is 1.09 bits per heavy atom. The molecule has 12 heteroatoms. The first-order valence-electron chi connectivity index (χ1n) is 14.7. The first kappa shape index (κ1) is 28.8. The van der Waals surface area contributed by atoms with Crippen LogP contribution in [-0.4, -0.2) is 109 Å². The van der Waals surface area contributed by atoms with E-state index in [1.54, 1.807) is 24.4 Å².